The minimum absolute atomic E-state index is 0.00353. The van der Waals surface area contributed by atoms with Crippen molar-refractivity contribution < 1.29 is 18.0 Å². The Bertz CT molecular complexity index is 631. The van der Waals surface area contributed by atoms with Crippen LogP contribution in [0.5, 0.6) is 0 Å². The zero-order valence-electron chi connectivity index (χ0n) is 9.54. The molecule has 0 aromatic carbocycles. The number of aryl methyl sites for hydroxylation is 1. The average molecular weight is 272 g/mol. The van der Waals surface area contributed by atoms with Gasteiger partial charge >= 0.3 is 0 Å². The highest BCUT2D eigenvalue weighted by molar-refractivity contribution is 7.89. The summed E-state index contributed by atoms with van der Waals surface area (Å²) < 4.78 is 31.0. The van der Waals surface area contributed by atoms with Crippen LogP contribution in [0.3, 0.4) is 0 Å². The fourth-order valence-electron chi connectivity index (χ4n) is 1.39. The van der Waals surface area contributed by atoms with Crippen molar-refractivity contribution in [3.63, 3.8) is 0 Å². The third-order valence-electron chi connectivity index (χ3n) is 2.24. The van der Waals surface area contributed by atoms with Crippen LogP contribution in [0.4, 0.5) is 0 Å². The highest BCUT2D eigenvalue weighted by atomic mass is 32.2. The Balaban J connectivity index is 2.13. The monoisotopic (exact) mass is 272 g/mol. The molecule has 9 heteroatoms. The number of nitrogens with one attached hydrogen (secondary N) is 2. The number of hydrogen-bond acceptors (Lipinski definition) is 6. The van der Waals surface area contributed by atoms with Crippen molar-refractivity contribution in [2.45, 2.75) is 25.1 Å². The number of aromatic amines is 1. The predicted octanol–water partition coefficient (Wildman–Crippen LogP) is -0.323. The van der Waals surface area contributed by atoms with Crippen LogP contribution in [0, 0.1) is 6.92 Å². The van der Waals surface area contributed by atoms with Crippen molar-refractivity contribution in [1.29, 1.82) is 0 Å². The molecule has 18 heavy (non-hydrogen) atoms. The van der Waals surface area contributed by atoms with Gasteiger partial charge in [0.2, 0.25) is 0 Å². The standard InChI is InChI=1S/C9H12N4O4S/c1-6-2-8(13-17-6)4-11-18(15,16)9-7(5-14)3-10-12-9/h2-3,11,14H,4-5H2,1H3,(H,10,12). The second-order valence-electron chi connectivity index (χ2n) is 3.64. The molecule has 0 amide bonds. The molecule has 0 aliphatic carbocycles. The molecule has 2 rings (SSSR count). The van der Waals surface area contributed by atoms with Crippen LogP contribution < -0.4 is 4.72 Å². The van der Waals surface area contributed by atoms with Gasteiger partial charge in [0, 0.05) is 11.6 Å². The van der Waals surface area contributed by atoms with Gasteiger partial charge in [-0.3, -0.25) is 5.10 Å². The molecule has 0 aliphatic heterocycles. The maximum Gasteiger partial charge on any atom is 0.258 e. The second-order valence-corrected chi connectivity index (χ2v) is 5.34. The summed E-state index contributed by atoms with van der Waals surface area (Å²) in [5.41, 5.74) is 0.681. The van der Waals surface area contributed by atoms with Gasteiger partial charge in [-0.05, 0) is 6.92 Å². The lowest BCUT2D eigenvalue weighted by Crippen LogP contribution is -2.24. The van der Waals surface area contributed by atoms with E-state index in [-0.39, 0.29) is 17.1 Å². The van der Waals surface area contributed by atoms with Crippen LogP contribution in [0.15, 0.2) is 21.8 Å². The molecule has 2 heterocycles. The zero-order chi connectivity index (χ0) is 13.2. The van der Waals surface area contributed by atoms with Gasteiger partial charge in [0.15, 0.2) is 5.03 Å². The third kappa shape index (κ3) is 2.58. The van der Waals surface area contributed by atoms with E-state index in [1.54, 1.807) is 13.0 Å². The third-order valence-corrected chi connectivity index (χ3v) is 3.65. The molecule has 0 spiro atoms. The molecule has 8 nitrogen and oxygen atoms in total. The van der Waals surface area contributed by atoms with Gasteiger partial charge < -0.3 is 9.63 Å². The Hall–Kier alpha value is -1.71. The first kappa shape index (κ1) is 12.7. The zero-order valence-corrected chi connectivity index (χ0v) is 10.4. The highest BCUT2D eigenvalue weighted by Crippen LogP contribution is 2.12. The summed E-state index contributed by atoms with van der Waals surface area (Å²) in [6, 6.07) is 1.63. The van der Waals surface area contributed by atoms with Crippen LogP contribution >= 0.6 is 0 Å². The lowest BCUT2D eigenvalue weighted by atomic mass is 10.4. The minimum atomic E-state index is -3.76. The van der Waals surface area contributed by atoms with Crippen molar-refractivity contribution in [1.82, 2.24) is 20.1 Å². The molecule has 0 atom stereocenters. The van der Waals surface area contributed by atoms with Crippen LogP contribution in [0.1, 0.15) is 17.0 Å². The van der Waals surface area contributed by atoms with Crippen molar-refractivity contribution in [2.24, 2.45) is 0 Å². The fourth-order valence-corrected chi connectivity index (χ4v) is 2.50. The van der Waals surface area contributed by atoms with Crippen molar-refractivity contribution in [3.05, 3.63) is 29.3 Å². The molecule has 2 aromatic heterocycles. The average Bonchev–Trinajstić information content (AvgIpc) is 2.95. The number of hydrogen-bond donors (Lipinski definition) is 3. The van der Waals surface area contributed by atoms with E-state index in [0.717, 1.165) is 0 Å². The van der Waals surface area contributed by atoms with E-state index >= 15 is 0 Å². The fraction of sp³-hybridized carbons (Fsp3) is 0.333. The topological polar surface area (TPSA) is 121 Å². The van der Waals surface area contributed by atoms with Gasteiger partial charge in [-0.2, -0.15) is 5.10 Å². The summed E-state index contributed by atoms with van der Waals surface area (Å²) in [6.45, 7) is 1.31. The van der Waals surface area contributed by atoms with E-state index in [1.807, 2.05) is 0 Å². The van der Waals surface area contributed by atoms with Gasteiger partial charge in [-0.1, -0.05) is 5.16 Å². The van der Waals surface area contributed by atoms with Crippen LogP contribution in [-0.4, -0.2) is 28.9 Å². The van der Waals surface area contributed by atoms with Crippen LogP contribution in [0.25, 0.3) is 0 Å². The molecule has 0 radical (unpaired) electrons. The number of aliphatic hydroxyl groups excluding tert-OH is 1. The molecule has 3 N–H and O–H groups in total. The normalized spacial score (nSPS) is 11.9. The quantitative estimate of drug-likeness (QED) is 0.685. The molecule has 0 bridgehead atoms. The maximum absolute atomic E-state index is 11.9. The van der Waals surface area contributed by atoms with Gasteiger partial charge in [0.05, 0.1) is 25.0 Å². The predicted molar refractivity (Wildman–Crippen MR) is 59.8 cm³/mol. The van der Waals surface area contributed by atoms with E-state index in [4.69, 9.17) is 9.63 Å². The summed E-state index contributed by atoms with van der Waals surface area (Å²) in [5, 5.41) is 18.4. The van der Waals surface area contributed by atoms with Crippen LogP contribution in [-0.2, 0) is 23.2 Å². The van der Waals surface area contributed by atoms with E-state index in [9.17, 15) is 8.42 Å². The smallest absolute Gasteiger partial charge is 0.258 e. The molecule has 0 saturated carbocycles. The molecule has 2 aromatic rings. The summed E-state index contributed by atoms with van der Waals surface area (Å²) in [4.78, 5) is 0. The van der Waals surface area contributed by atoms with Crippen LogP contribution in [0.2, 0.25) is 0 Å². The number of sulfonamides is 1. The first-order valence-electron chi connectivity index (χ1n) is 5.08. The summed E-state index contributed by atoms with van der Waals surface area (Å²) >= 11 is 0. The summed E-state index contributed by atoms with van der Waals surface area (Å²) in [5.74, 6) is 0.599. The van der Waals surface area contributed by atoms with E-state index < -0.39 is 16.6 Å². The number of H-pyrrole nitrogens is 1. The van der Waals surface area contributed by atoms with Gasteiger partial charge in [0.1, 0.15) is 5.76 Å². The van der Waals surface area contributed by atoms with Gasteiger partial charge in [-0.25, -0.2) is 13.1 Å². The molecule has 0 aliphatic rings. The molecule has 98 valence electrons. The first-order chi connectivity index (χ1) is 8.53. The van der Waals surface area contributed by atoms with Crippen molar-refractivity contribution >= 4 is 10.0 Å². The Morgan fingerprint density at radius 1 is 1.56 bits per heavy atom. The van der Waals surface area contributed by atoms with E-state index in [0.29, 0.717) is 11.5 Å². The molecular formula is C9H12N4O4S. The van der Waals surface area contributed by atoms with Gasteiger partial charge in [0.25, 0.3) is 10.0 Å². The van der Waals surface area contributed by atoms with E-state index in [2.05, 4.69) is 20.1 Å². The minimum Gasteiger partial charge on any atom is -0.392 e. The number of nitrogens with zero attached hydrogens (tertiary/aromatic N) is 2. The molecule has 0 fully saturated rings. The lowest BCUT2D eigenvalue weighted by molar-refractivity contribution is 0.278. The number of rotatable bonds is 5. The lowest BCUT2D eigenvalue weighted by Gasteiger charge is -2.03. The SMILES string of the molecule is Cc1cc(CNS(=O)(=O)c2[nH]ncc2CO)no1. The molecule has 0 unspecified atom stereocenters. The number of aliphatic hydroxyl groups is 1. The Morgan fingerprint density at radius 3 is 2.94 bits per heavy atom. The molecule has 0 saturated heterocycles. The largest absolute Gasteiger partial charge is 0.392 e. The Morgan fingerprint density at radius 2 is 2.33 bits per heavy atom. The van der Waals surface area contributed by atoms with Crippen molar-refractivity contribution in [3.8, 4) is 0 Å². The van der Waals surface area contributed by atoms with Crippen molar-refractivity contribution in [2.75, 3.05) is 0 Å². The first-order valence-corrected chi connectivity index (χ1v) is 6.56. The summed E-state index contributed by atoms with van der Waals surface area (Å²) in [7, 11) is -3.76. The Kier molecular flexibility index (Phi) is 3.45. The highest BCUT2D eigenvalue weighted by Gasteiger charge is 2.20. The second kappa shape index (κ2) is 4.88. The summed E-state index contributed by atoms with van der Waals surface area (Å²) in [6.07, 6.45) is 1.26. The van der Waals surface area contributed by atoms with E-state index in [1.165, 1.54) is 6.20 Å². The van der Waals surface area contributed by atoms with Gasteiger partial charge in [-0.15, -0.1) is 0 Å². The number of aromatic nitrogens is 3. The maximum atomic E-state index is 11.9. The Labute approximate surface area is 103 Å². The molecular weight excluding hydrogens is 260 g/mol.